The Morgan fingerprint density at radius 1 is 1.47 bits per heavy atom. The minimum Gasteiger partial charge on any atom is -0.331 e. The normalized spacial score (nSPS) is 10.5. The van der Waals surface area contributed by atoms with E-state index in [-0.39, 0.29) is 5.02 Å². The third-order valence-corrected chi connectivity index (χ3v) is 3.22. The minimum atomic E-state index is -0.430. The van der Waals surface area contributed by atoms with Gasteiger partial charge in [0.25, 0.3) is 0 Å². The van der Waals surface area contributed by atoms with Crippen molar-refractivity contribution in [1.82, 2.24) is 4.98 Å². The number of thiazole rings is 1. The summed E-state index contributed by atoms with van der Waals surface area (Å²) < 4.78 is 13.0. The van der Waals surface area contributed by atoms with Gasteiger partial charge in [-0.1, -0.05) is 11.6 Å². The van der Waals surface area contributed by atoms with Crippen LogP contribution in [0.25, 0.3) is 0 Å². The lowest BCUT2D eigenvalue weighted by atomic mass is 10.3. The molecule has 6 heteroatoms. The van der Waals surface area contributed by atoms with Crippen LogP contribution in [0, 0.1) is 5.82 Å². The molecule has 3 nitrogen and oxygen atoms in total. The number of rotatable bonds is 4. The zero-order valence-corrected chi connectivity index (χ0v) is 10.5. The smallest absolute Gasteiger partial charge is 0.187 e. The molecular weight excluding hydrogens is 261 g/mol. The fraction of sp³-hybridized carbons (Fsp3) is 0.182. The summed E-state index contributed by atoms with van der Waals surface area (Å²) in [6.07, 6.45) is 0.752. The number of halogens is 2. The number of anilines is 2. The quantitative estimate of drug-likeness (QED) is 0.898. The van der Waals surface area contributed by atoms with Crippen molar-refractivity contribution < 1.29 is 4.39 Å². The second-order valence-corrected chi connectivity index (χ2v) is 4.70. The molecule has 0 unspecified atom stereocenters. The summed E-state index contributed by atoms with van der Waals surface area (Å²) in [7, 11) is 0. The summed E-state index contributed by atoms with van der Waals surface area (Å²) in [5, 5.41) is 5.85. The number of nitrogens with one attached hydrogen (secondary N) is 1. The van der Waals surface area contributed by atoms with E-state index in [0.717, 1.165) is 17.2 Å². The number of aromatic nitrogens is 1. The first-order valence-electron chi connectivity index (χ1n) is 5.05. The number of hydrogen-bond donors (Lipinski definition) is 2. The van der Waals surface area contributed by atoms with Crippen molar-refractivity contribution in [2.45, 2.75) is 6.42 Å². The van der Waals surface area contributed by atoms with Crippen LogP contribution in [-0.4, -0.2) is 11.5 Å². The maximum atomic E-state index is 13.0. The predicted octanol–water partition coefficient (Wildman–Crippen LogP) is 3.18. The molecule has 0 aliphatic carbocycles. The van der Waals surface area contributed by atoms with Crippen molar-refractivity contribution in [3.05, 3.63) is 40.1 Å². The van der Waals surface area contributed by atoms with Crippen LogP contribution in [0.15, 0.2) is 23.6 Å². The molecule has 0 radical (unpaired) electrons. The molecular formula is C11H11ClFN3S. The second kappa shape index (κ2) is 5.44. The fourth-order valence-corrected chi connectivity index (χ4v) is 2.27. The molecule has 0 saturated heterocycles. The van der Waals surface area contributed by atoms with Crippen LogP contribution in [0.4, 0.5) is 15.2 Å². The fourth-order valence-electron chi connectivity index (χ4n) is 1.32. The molecule has 2 aromatic rings. The lowest BCUT2D eigenvalue weighted by Crippen LogP contribution is -2.02. The second-order valence-electron chi connectivity index (χ2n) is 3.44. The molecule has 0 saturated carbocycles. The van der Waals surface area contributed by atoms with E-state index < -0.39 is 5.82 Å². The van der Waals surface area contributed by atoms with Crippen molar-refractivity contribution in [3.63, 3.8) is 0 Å². The summed E-state index contributed by atoms with van der Waals surface area (Å²) in [5.74, 6) is -0.430. The molecule has 0 atom stereocenters. The number of benzene rings is 1. The van der Waals surface area contributed by atoms with E-state index in [2.05, 4.69) is 10.3 Å². The van der Waals surface area contributed by atoms with Gasteiger partial charge < -0.3 is 11.1 Å². The number of nitrogens with two attached hydrogens (primary N) is 1. The molecule has 2 rings (SSSR count). The molecule has 1 heterocycles. The Hall–Kier alpha value is -1.17. The summed E-state index contributed by atoms with van der Waals surface area (Å²) in [6.45, 7) is 0.575. The van der Waals surface area contributed by atoms with Crippen molar-refractivity contribution >= 4 is 33.8 Å². The average molecular weight is 272 g/mol. The zero-order valence-electron chi connectivity index (χ0n) is 8.91. The maximum absolute atomic E-state index is 13.0. The molecule has 0 aliphatic heterocycles. The third-order valence-electron chi connectivity index (χ3n) is 2.12. The SMILES string of the molecule is NCCc1csc(Nc2ccc(F)c(Cl)c2)n1. The summed E-state index contributed by atoms with van der Waals surface area (Å²) >= 11 is 7.17. The predicted molar refractivity (Wildman–Crippen MR) is 69.6 cm³/mol. The molecule has 90 valence electrons. The van der Waals surface area contributed by atoms with Gasteiger partial charge >= 0.3 is 0 Å². The highest BCUT2D eigenvalue weighted by molar-refractivity contribution is 7.13. The van der Waals surface area contributed by atoms with E-state index in [1.807, 2.05) is 5.38 Å². The van der Waals surface area contributed by atoms with Gasteiger partial charge in [-0.05, 0) is 24.7 Å². The first-order chi connectivity index (χ1) is 8.19. The van der Waals surface area contributed by atoms with E-state index in [9.17, 15) is 4.39 Å². The highest BCUT2D eigenvalue weighted by atomic mass is 35.5. The van der Waals surface area contributed by atoms with E-state index >= 15 is 0 Å². The number of nitrogens with zero attached hydrogens (tertiary/aromatic N) is 1. The van der Waals surface area contributed by atoms with E-state index in [4.69, 9.17) is 17.3 Å². The van der Waals surface area contributed by atoms with Gasteiger partial charge in [0.05, 0.1) is 10.7 Å². The Morgan fingerprint density at radius 3 is 3.00 bits per heavy atom. The minimum absolute atomic E-state index is 0.0914. The van der Waals surface area contributed by atoms with Crippen molar-refractivity contribution in [3.8, 4) is 0 Å². The largest absolute Gasteiger partial charge is 0.331 e. The van der Waals surface area contributed by atoms with Crippen LogP contribution < -0.4 is 11.1 Å². The van der Waals surface area contributed by atoms with Crippen LogP contribution in [0.1, 0.15) is 5.69 Å². The highest BCUT2D eigenvalue weighted by Crippen LogP contribution is 2.24. The van der Waals surface area contributed by atoms with Crippen molar-refractivity contribution in [2.75, 3.05) is 11.9 Å². The Bertz CT molecular complexity index is 515. The number of hydrogen-bond acceptors (Lipinski definition) is 4. The maximum Gasteiger partial charge on any atom is 0.187 e. The Kier molecular flexibility index (Phi) is 3.93. The van der Waals surface area contributed by atoms with Gasteiger partial charge in [0.1, 0.15) is 5.82 Å². The lowest BCUT2D eigenvalue weighted by molar-refractivity contribution is 0.628. The summed E-state index contributed by atoms with van der Waals surface area (Å²) in [4.78, 5) is 4.34. The Morgan fingerprint density at radius 2 is 2.29 bits per heavy atom. The van der Waals surface area contributed by atoms with Gasteiger partial charge in [-0.2, -0.15) is 0 Å². The van der Waals surface area contributed by atoms with Gasteiger partial charge in [0.15, 0.2) is 5.13 Å². The van der Waals surface area contributed by atoms with E-state index in [1.54, 1.807) is 6.07 Å². The standard InChI is InChI=1S/C11H11ClFN3S/c12-9-5-7(1-2-10(9)13)15-11-16-8(3-4-14)6-17-11/h1-2,5-6H,3-4,14H2,(H,15,16). The average Bonchev–Trinajstić information content (AvgIpc) is 2.72. The van der Waals surface area contributed by atoms with Crippen LogP contribution in [0.5, 0.6) is 0 Å². The topological polar surface area (TPSA) is 50.9 Å². The van der Waals surface area contributed by atoms with E-state index in [1.165, 1.54) is 23.5 Å². The van der Waals surface area contributed by atoms with Crippen molar-refractivity contribution in [1.29, 1.82) is 0 Å². The molecule has 0 bridgehead atoms. The molecule has 0 fully saturated rings. The third kappa shape index (κ3) is 3.15. The molecule has 1 aromatic heterocycles. The summed E-state index contributed by atoms with van der Waals surface area (Å²) in [6, 6.07) is 4.46. The van der Waals surface area contributed by atoms with Crippen LogP contribution in [-0.2, 0) is 6.42 Å². The van der Waals surface area contributed by atoms with E-state index in [0.29, 0.717) is 12.2 Å². The van der Waals surface area contributed by atoms with Gasteiger partial charge in [0, 0.05) is 17.5 Å². The van der Waals surface area contributed by atoms with Gasteiger partial charge in [-0.25, -0.2) is 9.37 Å². The summed E-state index contributed by atoms with van der Waals surface area (Å²) in [5.41, 5.74) is 7.11. The molecule has 0 amide bonds. The van der Waals surface area contributed by atoms with Crippen LogP contribution in [0.3, 0.4) is 0 Å². The molecule has 3 N–H and O–H groups in total. The molecule has 0 aliphatic rings. The first-order valence-corrected chi connectivity index (χ1v) is 6.31. The monoisotopic (exact) mass is 271 g/mol. The van der Waals surface area contributed by atoms with Crippen LogP contribution in [0.2, 0.25) is 5.02 Å². The van der Waals surface area contributed by atoms with Crippen molar-refractivity contribution in [2.24, 2.45) is 5.73 Å². The molecule has 1 aromatic carbocycles. The molecule has 0 spiro atoms. The van der Waals surface area contributed by atoms with Gasteiger partial charge in [-0.15, -0.1) is 11.3 Å². The van der Waals surface area contributed by atoms with Gasteiger partial charge in [-0.3, -0.25) is 0 Å². The zero-order chi connectivity index (χ0) is 12.3. The van der Waals surface area contributed by atoms with Crippen LogP contribution >= 0.6 is 22.9 Å². The Balaban J connectivity index is 2.11. The lowest BCUT2D eigenvalue weighted by Gasteiger charge is -2.03. The Labute approximate surface area is 107 Å². The highest BCUT2D eigenvalue weighted by Gasteiger charge is 2.04. The molecule has 17 heavy (non-hydrogen) atoms. The van der Waals surface area contributed by atoms with Gasteiger partial charge in [0.2, 0.25) is 0 Å². The first kappa shape index (κ1) is 12.3.